The van der Waals surface area contributed by atoms with Gasteiger partial charge in [0.05, 0.1) is 4.90 Å². The van der Waals surface area contributed by atoms with Crippen molar-refractivity contribution in [1.29, 1.82) is 0 Å². The molecular formula is C11H8N2O3S. The fourth-order valence-electron chi connectivity index (χ4n) is 1.22. The van der Waals surface area contributed by atoms with E-state index < -0.39 is 4.92 Å². The fraction of sp³-hybridized carbons (Fsp3) is 0. The standard InChI is InChI=1S/C11H8N2O3S/c14-8-2-1-3-9(6-8)17-10-4-5-11(12-7-10)13(15)16/h1-7,14H. The first kappa shape index (κ1) is 11.4. The van der Waals surface area contributed by atoms with Crippen molar-refractivity contribution < 1.29 is 10.0 Å². The van der Waals surface area contributed by atoms with Crippen molar-refractivity contribution in [3.8, 4) is 5.75 Å². The number of rotatable bonds is 3. The molecule has 0 saturated heterocycles. The van der Waals surface area contributed by atoms with Crippen LogP contribution in [0.5, 0.6) is 5.75 Å². The Morgan fingerprint density at radius 1 is 1.24 bits per heavy atom. The van der Waals surface area contributed by atoms with Crippen molar-refractivity contribution in [2.24, 2.45) is 0 Å². The first-order valence-corrected chi connectivity index (χ1v) is 5.54. The predicted molar refractivity (Wildman–Crippen MR) is 63.1 cm³/mol. The van der Waals surface area contributed by atoms with Gasteiger partial charge in [0, 0.05) is 11.0 Å². The molecule has 0 aliphatic rings. The van der Waals surface area contributed by atoms with Gasteiger partial charge in [-0.05, 0) is 34.2 Å². The Labute approximate surface area is 101 Å². The van der Waals surface area contributed by atoms with Gasteiger partial charge in [-0.15, -0.1) is 0 Å². The first-order chi connectivity index (χ1) is 8.15. The van der Waals surface area contributed by atoms with E-state index in [0.29, 0.717) is 0 Å². The summed E-state index contributed by atoms with van der Waals surface area (Å²) in [5, 5.41) is 19.7. The van der Waals surface area contributed by atoms with Gasteiger partial charge in [0.1, 0.15) is 5.75 Å². The van der Waals surface area contributed by atoms with E-state index in [9.17, 15) is 15.2 Å². The fourth-order valence-corrected chi connectivity index (χ4v) is 2.06. The molecule has 0 spiro atoms. The molecule has 2 rings (SSSR count). The van der Waals surface area contributed by atoms with Crippen LogP contribution in [0.15, 0.2) is 52.4 Å². The summed E-state index contributed by atoms with van der Waals surface area (Å²) in [7, 11) is 0. The minimum atomic E-state index is -0.539. The van der Waals surface area contributed by atoms with Gasteiger partial charge in [-0.2, -0.15) is 0 Å². The Morgan fingerprint density at radius 2 is 2.06 bits per heavy atom. The van der Waals surface area contributed by atoms with Crippen LogP contribution in [0.25, 0.3) is 0 Å². The lowest BCUT2D eigenvalue weighted by Crippen LogP contribution is -1.90. The lowest BCUT2D eigenvalue weighted by molar-refractivity contribution is -0.389. The molecule has 1 N–H and O–H groups in total. The van der Waals surface area contributed by atoms with Gasteiger partial charge in [-0.25, -0.2) is 0 Å². The van der Waals surface area contributed by atoms with Crippen LogP contribution in [0.3, 0.4) is 0 Å². The van der Waals surface area contributed by atoms with Crippen LogP contribution in [-0.2, 0) is 0 Å². The first-order valence-electron chi connectivity index (χ1n) is 4.72. The summed E-state index contributed by atoms with van der Waals surface area (Å²) in [4.78, 5) is 15.2. The second-order valence-corrected chi connectivity index (χ2v) is 4.36. The van der Waals surface area contributed by atoms with E-state index in [1.165, 1.54) is 24.0 Å². The van der Waals surface area contributed by atoms with Crippen molar-refractivity contribution in [1.82, 2.24) is 4.98 Å². The Bertz CT molecular complexity index is 543. The maximum Gasteiger partial charge on any atom is 0.363 e. The highest BCUT2D eigenvalue weighted by atomic mass is 32.2. The van der Waals surface area contributed by atoms with Crippen molar-refractivity contribution >= 4 is 17.6 Å². The second-order valence-electron chi connectivity index (χ2n) is 3.21. The van der Waals surface area contributed by atoms with Crippen molar-refractivity contribution in [2.75, 3.05) is 0 Å². The minimum absolute atomic E-state index is 0.176. The highest BCUT2D eigenvalue weighted by Crippen LogP contribution is 2.29. The Morgan fingerprint density at radius 3 is 2.65 bits per heavy atom. The largest absolute Gasteiger partial charge is 0.508 e. The summed E-state index contributed by atoms with van der Waals surface area (Å²) in [6, 6.07) is 9.75. The van der Waals surface area contributed by atoms with Gasteiger partial charge < -0.3 is 15.2 Å². The van der Waals surface area contributed by atoms with Crippen LogP contribution >= 0.6 is 11.8 Å². The number of phenolic OH excluding ortho intramolecular Hbond substituents is 1. The molecule has 0 fully saturated rings. The van der Waals surface area contributed by atoms with Crippen molar-refractivity contribution in [2.45, 2.75) is 9.79 Å². The zero-order chi connectivity index (χ0) is 12.3. The molecule has 0 saturated carbocycles. The molecular weight excluding hydrogens is 240 g/mol. The molecule has 0 radical (unpaired) electrons. The third-order valence-electron chi connectivity index (χ3n) is 1.96. The molecule has 0 amide bonds. The molecule has 1 heterocycles. The molecule has 86 valence electrons. The number of aromatic nitrogens is 1. The summed E-state index contributed by atoms with van der Waals surface area (Å²) in [6.45, 7) is 0. The van der Waals surface area contributed by atoms with Gasteiger partial charge in [0.15, 0.2) is 6.20 Å². The highest BCUT2D eigenvalue weighted by molar-refractivity contribution is 7.99. The monoisotopic (exact) mass is 248 g/mol. The molecule has 2 aromatic rings. The quantitative estimate of drug-likeness (QED) is 0.667. The summed E-state index contributed by atoms with van der Waals surface area (Å²) in [5.41, 5.74) is 0. The number of phenols is 1. The molecule has 6 heteroatoms. The predicted octanol–water partition coefficient (Wildman–Crippen LogP) is 2.85. The van der Waals surface area contributed by atoms with E-state index >= 15 is 0 Å². The van der Waals surface area contributed by atoms with E-state index in [1.807, 2.05) is 6.07 Å². The normalized spacial score (nSPS) is 10.1. The number of benzene rings is 1. The van der Waals surface area contributed by atoms with Gasteiger partial charge in [0.25, 0.3) is 0 Å². The van der Waals surface area contributed by atoms with Gasteiger partial charge in [0.2, 0.25) is 0 Å². The van der Waals surface area contributed by atoms with Crippen LogP contribution in [-0.4, -0.2) is 15.0 Å². The van der Waals surface area contributed by atoms with Gasteiger partial charge in [-0.1, -0.05) is 17.8 Å². The summed E-state index contributed by atoms with van der Waals surface area (Å²) in [5.74, 6) is 0.00938. The molecule has 5 nitrogen and oxygen atoms in total. The zero-order valence-electron chi connectivity index (χ0n) is 8.61. The number of hydrogen-bond acceptors (Lipinski definition) is 5. The lowest BCUT2D eigenvalue weighted by atomic mass is 10.3. The van der Waals surface area contributed by atoms with Crippen LogP contribution in [0.2, 0.25) is 0 Å². The topological polar surface area (TPSA) is 76.3 Å². The summed E-state index contributed by atoms with van der Waals surface area (Å²) >= 11 is 1.38. The lowest BCUT2D eigenvalue weighted by Gasteiger charge is -2.00. The Kier molecular flexibility index (Phi) is 3.24. The SMILES string of the molecule is O=[N+]([O-])c1ccc(Sc2cccc(O)c2)cn1. The van der Waals surface area contributed by atoms with E-state index in [4.69, 9.17) is 0 Å². The maximum absolute atomic E-state index is 10.4. The summed E-state index contributed by atoms with van der Waals surface area (Å²) < 4.78 is 0. The van der Waals surface area contributed by atoms with Crippen LogP contribution < -0.4 is 0 Å². The number of pyridine rings is 1. The van der Waals surface area contributed by atoms with Crippen LogP contribution in [0, 0.1) is 10.1 Å². The Hall–Kier alpha value is -2.08. The molecule has 0 atom stereocenters. The summed E-state index contributed by atoms with van der Waals surface area (Å²) in [6.07, 6.45) is 1.44. The molecule has 1 aromatic heterocycles. The average molecular weight is 248 g/mol. The van der Waals surface area contributed by atoms with Gasteiger partial charge in [-0.3, -0.25) is 0 Å². The van der Waals surface area contributed by atoms with E-state index in [2.05, 4.69) is 4.98 Å². The van der Waals surface area contributed by atoms with E-state index in [0.717, 1.165) is 9.79 Å². The maximum atomic E-state index is 10.4. The number of nitrogens with zero attached hydrogens (tertiary/aromatic N) is 2. The Balaban J connectivity index is 2.16. The van der Waals surface area contributed by atoms with Gasteiger partial charge >= 0.3 is 5.82 Å². The minimum Gasteiger partial charge on any atom is -0.508 e. The number of hydrogen-bond donors (Lipinski definition) is 1. The zero-order valence-corrected chi connectivity index (χ0v) is 9.42. The number of nitro groups is 1. The van der Waals surface area contributed by atoms with Crippen molar-refractivity contribution in [3.05, 3.63) is 52.7 Å². The average Bonchev–Trinajstić information content (AvgIpc) is 2.29. The van der Waals surface area contributed by atoms with E-state index in [-0.39, 0.29) is 11.6 Å². The second kappa shape index (κ2) is 4.84. The molecule has 0 aliphatic carbocycles. The molecule has 0 aliphatic heterocycles. The van der Waals surface area contributed by atoms with Crippen LogP contribution in [0.4, 0.5) is 5.82 Å². The smallest absolute Gasteiger partial charge is 0.363 e. The molecule has 0 unspecified atom stereocenters. The van der Waals surface area contributed by atoms with Crippen LogP contribution in [0.1, 0.15) is 0 Å². The molecule has 17 heavy (non-hydrogen) atoms. The highest BCUT2D eigenvalue weighted by Gasteiger charge is 2.07. The number of aromatic hydroxyl groups is 1. The van der Waals surface area contributed by atoms with Crippen molar-refractivity contribution in [3.63, 3.8) is 0 Å². The molecule has 1 aromatic carbocycles. The van der Waals surface area contributed by atoms with E-state index in [1.54, 1.807) is 24.3 Å². The third-order valence-corrected chi connectivity index (χ3v) is 2.93. The third kappa shape index (κ3) is 2.94. The molecule has 0 bridgehead atoms.